The van der Waals surface area contributed by atoms with Crippen LogP contribution in [0.5, 0.6) is 0 Å². The minimum absolute atomic E-state index is 0.570. The van der Waals surface area contributed by atoms with Crippen molar-refractivity contribution in [2.45, 2.75) is 12.4 Å². The number of hydrogen-bond acceptors (Lipinski definition) is 2. The predicted octanol–water partition coefficient (Wildman–Crippen LogP) is 22.6. The minimum Gasteiger partial charge on any atom is -0.309 e. The fourth-order valence-corrected chi connectivity index (χ4v) is 12.3. The SMILES string of the molecule is FC(F)(F)c1ccc(N(c2ccccc2)c2c3ccccc3c(-c3cc(-c4c5ccccc5cc5ccccc45)cc(-c4c5ccccc5c(N(c5ccccc5)c5ccc(C(F)(F)F)cc5)c5ccccc45)c3)c3ccccc23)cc1. The van der Waals surface area contributed by atoms with Crippen LogP contribution in [-0.4, -0.2) is 0 Å². The van der Waals surface area contributed by atoms with Crippen molar-refractivity contribution >= 4 is 98.8 Å². The molecule has 2 nitrogen and oxygen atoms in total. The zero-order valence-electron chi connectivity index (χ0n) is 43.7. The topological polar surface area (TPSA) is 6.48 Å². The van der Waals surface area contributed by atoms with E-state index >= 15 is 0 Å². The highest BCUT2D eigenvalue weighted by molar-refractivity contribution is 6.25. The Hall–Kier alpha value is -10.2. The van der Waals surface area contributed by atoms with E-state index in [1.54, 1.807) is 24.3 Å². The van der Waals surface area contributed by atoms with Crippen LogP contribution in [0.15, 0.2) is 279 Å². The molecule has 82 heavy (non-hydrogen) atoms. The number of anilines is 6. The predicted molar refractivity (Wildman–Crippen MR) is 327 cm³/mol. The zero-order chi connectivity index (χ0) is 55.7. The van der Waals surface area contributed by atoms with E-state index in [0.717, 1.165) is 145 Å². The van der Waals surface area contributed by atoms with E-state index in [0.29, 0.717) is 11.4 Å². The first-order valence-corrected chi connectivity index (χ1v) is 27.0. The van der Waals surface area contributed by atoms with E-state index < -0.39 is 23.5 Å². The van der Waals surface area contributed by atoms with Crippen molar-refractivity contribution in [3.8, 4) is 33.4 Å². The second-order valence-corrected chi connectivity index (χ2v) is 20.6. The summed E-state index contributed by atoms with van der Waals surface area (Å²) in [5.41, 5.74) is 8.78. The lowest BCUT2D eigenvalue weighted by atomic mass is 9.83. The van der Waals surface area contributed by atoms with Crippen LogP contribution in [0.3, 0.4) is 0 Å². The quantitative estimate of drug-likeness (QED) is 0.105. The molecule has 0 fully saturated rings. The Kier molecular flexibility index (Phi) is 12.1. The van der Waals surface area contributed by atoms with Gasteiger partial charge in [-0.2, -0.15) is 26.3 Å². The highest BCUT2D eigenvalue weighted by Gasteiger charge is 2.33. The maximum Gasteiger partial charge on any atom is 0.416 e. The molecule has 0 spiro atoms. The molecule has 14 aromatic rings. The van der Waals surface area contributed by atoms with Gasteiger partial charge in [-0.25, -0.2) is 0 Å². The largest absolute Gasteiger partial charge is 0.416 e. The van der Waals surface area contributed by atoms with E-state index in [1.807, 2.05) is 109 Å². The smallest absolute Gasteiger partial charge is 0.309 e. The van der Waals surface area contributed by atoms with Crippen LogP contribution in [0.2, 0.25) is 0 Å². The molecule has 0 unspecified atom stereocenters. The summed E-state index contributed by atoms with van der Waals surface area (Å²) in [5.74, 6) is 0. The maximum atomic E-state index is 14.1. The summed E-state index contributed by atoms with van der Waals surface area (Å²) in [4.78, 5) is 4.11. The van der Waals surface area contributed by atoms with Crippen LogP contribution >= 0.6 is 0 Å². The van der Waals surface area contributed by atoms with E-state index in [9.17, 15) is 26.3 Å². The van der Waals surface area contributed by atoms with E-state index in [1.165, 1.54) is 0 Å². The third-order valence-corrected chi connectivity index (χ3v) is 15.8. The molecule has 0 radical (unpaired) electrons. The number of benzene rings is 14. The Bertz CT molecular complexity index is 4360. The highest BCUT2D eigenvalue weighted by atomic mass is 19.4. The van der Waals surface area contributed by atoms with Crippen molar-refractivity contribution in [1.82, 2.24) is 0 Å². The first-order valence-electron chi connectivity index (χ1n) is 27.0. The Labute approximate surface area is 468 Å². The second kappa shape index (κ2) is 19.9. The van der Waals surface area contributed by atoms with Crippen molar-refractivity contribution in [3.05, 3.63) is 290 Å². The van der Waals surface area contributed by atoms with Crippen molar-refractivity contribution < 1.29 is 26.3 Å². The number of fused-ring (bicyclic) bond motifs is 6. The molecular formula is C74H46F6N2. The Morgan fingerprint density at radius 3 is 0.768 bits per heavy atom. The van der Waals surface area contributed by atoms with Gasteiger partial charge in [0.1, 0.15) is 0 Å². The van der Waals surface area contributed by atoms with Crippen molar-refractivity contribution in [2.24, 2.45) is 0 Å². The monoisotopic (exact) mass is 1080 g/mol. The van der Waals surface area contributed by atoms with Gasteiger partial charge in [0.15, 0.2) is 0 Å². The number of rotatable bonds is 9. The molecule has 0 saturated carbocycles. The number of alkyl halides is 6. The summed E-state index contributed by atoms with van der Waals surface area (Å²) >= 11 is 0. The molecule has 8 heteroatoms. The van der Waals surface area contributed by atoms with Gasteiger partial charge < -0.3 is 9.80 Å². The van der Waals surface area contributed by atoms with Crippen molar-refractivity contribution in [1.29, 1.82) is 0 Å². The van der Waals surface area contributed by atoms with Gasteiger partial charge in [0.05, 0.1) is 22.5 Å². The second-order valence-electron chi connectivity index (χ2n) is 20.6. The van der Waals surface area contributed by atoms with Gasteiger partial charge in [-0.3, -0.25) is 0 Å². The van der Waals surface area contributed by atoms with Crippen molar-refractivity contribution in [3.63, 3.8) is 0 Å². The average Bonchev–Trinajstić information content (AvgIpc) is 2.89. The molecule has 14 rings (SSSR count). The summed E-state index contributed by atoms with van der Waals surface area (Å²) in [6.07, 6.45) is -9.02. The van der Waals surface area contributed by atoms with Crippen LogP contribution in [0.1, 0.15) is 11.1 Å². The van der Waals surface area contributed by atoms with Crippen LogP contribution in [0, 0.1) is 0 Å². The summed E-state index contributed by atoms with van der Waals surface area (Å²) < 4.78 is 84.9. The van der Waals surface area contributed by atoms with Gasteiger partial charge in [-0.05, 0) is 174 Å². The number of hydrogen-bond donors (Lipinski definition) is 0. The zero-order valence-corrected chi connectivity index (χ0v) is 43.7. The Morgan fingerprint density at radius 1 is 0.220 bits per heavy atom. The fraction of sp³-hybridized carbons (Fsp3) is 0.0270. The molecule has 0 bridgehead atoms. The molecule has 394 valence electrons. The third-order valence-electron chi connectivity index (χ3n) is 15.8. The molecule has 0 aliphatic carbocycles. The van der Waals surface area contributed by atoms with E-state index in [2.05, 4.69) is 131 Å². The lowest BCUT2D eigenvalue weighted by Gasteiger charge is -2.30. The molecule has 0 aliphatic rings. The van der Waals surface area contributed by atoms with Crippen LogP contribution in [0.4, 0.5) is 60.5 Å². The summed E-state index contributed by atoms with van der Waals surface area (Å²) in [6.45, 7) is 0. The molecule has 0 aliphatic heterocycles. The molecule has 0 N–H and O–H groups in total. The Morgan fingerprint density at radius 2 is 0.463 bits per heavy atom. The number of para-hydroxylation sites is 2. The minimum atomic E-state index is -4.51. The molecule has 0 atom stereocenters. The van der Waals surface area contributed by atoms with Crippen LogP contribution in [0.25, 0.3) is 98.0 Å². The molecule has 0 amide bonds. The van der Waals surface area contributed by atoms with Crippen LogP contribution < -0.4 is 9.80 Å². The first kappa shape index (κ1) is 50.1. The van der Waals surface area contributed by atoms with Gasteiger partial charge in [-0.1, -0.05) is 182 Å². The summed E-state index contributed by atoms with van der Waals surface area (Å²) in [7, 11) is 0. The van der Waals surface area contributed by atoms with E-state index in [4.69, 9.17) is 0 Å². The molecule has 14 aromatic carbocycles. The average molecular weight is 1080 g/mol. The van der Waals surface area contributed by atoms with Gasteiger partial charge in [0, 0.05) is 44.3 Å². The lowest BCUT2D eigenvalue weighted by molar-refractivity contribution is -0.138. The summed E-state index contributed by atoms with van der Waals surface area (Å²) in [5, 5.41) is 11.7. The highest BCUT2D eigenvalue weighted by Crippen LogP contribution is 2.53. The molecule has 0 heterocycles. The summed E-state index contributed by atoms with van der Waals surface area (Å²) in [6, 6.07) is 89.4. The van der Waals surface area contributed by atoms with Gasteiger partial charge in [0.2, 0.25) is 0 Å². The molecule has 0 aromatic heterocycles. The lowest BCUT2D eigenvalue weighted by Crippen LogP contribution is -2.12. The number of halogens is 6. The number of nitrogens with zero attached hydrogens (tertiary/aromatic N) is 2. The fourth-order valence-electron chi connectivity index (χ4n) is 12.3. The van der Waals surface area contributed by atoms with Gasteiger partial charge in [0.25, 0.3) is 0 Å². The standard InChI is InChI=1S/C74H46F6N2/c75-73(76,77)52-35-39-56(40-36-52)81(54-21-3-1-4-22-54)71-64-31-15-11-27-60(64)69(61-28-12-16-32-65(61)71)50-44-49(68-58-25-9-7-19-47(58)43-48-20-8-10-26-59(48)68)45-51(46-50)70-62-29-13-17-33-66(62)72(67-34-18-14-30-63(67)70)82(55-23-5-2-6-24-55)57-41-37-53(38-42-57)74(78,79)80/h1-46H. The normalized spacial score (nSPS) is 12.0. The van der Waals surface area contributed by atoms with Crippen molar-refractivity contribution in [2.75, 3.05) is 9.80 Å². The van der Waals surface area contributed by atoms with Gasteiger partial charge in [-0.15, -0.1) is 0 Å². The van der Waals surface area contributed by atoms with Crippen LogP contribution in [-0.2, 0) is 12.4 Å². The first-order chi connectivity index (χ1) is 40.0. The third kappa shape index (κ3) is 8.62. The maximum absolute atomic E-state index is 14.1. The molecule has 0 saturated heterocycles. The van der Waals surface area contributed by atoms with Gasteiger partial charge >= 0.3 is 12.4 Å². The van der Waals surface area contributed by atoms with E-state index in [-0.39, 0.29) is 0 Å². The molecular weight excluding hydrogens is 1030 g/mol. The Balaban J connectivity index is 1.09.